The van der Waals surface area contributed by atoms with Gasteiger partial charge in [0.1, 0.15) is 5.76 Å². The maximum Gasteiger partial charge on any atom is 0.416 e. The molecule has 7 heteroatoms. The molecule has 2 N–H and O–H groups in total. The Labute approximate surface area is 130 Å². The maximum absolute atomic E-state index is 12.5. The fraction of sp³-hybridized carbons (Fsp3) is 0.333. The van der Waals surface area contributed by atoms with Gasteiger partial charge in [0.05, 0.1) is 18.6 Å². The first kappa shape index (κ1) is 16.7. The predicted octanol–water partition coefficient (Wildman–Crippen LogP) is 3.78. The zero-order valence-corrected chi connectivity index (χ0v) is 12.3. The summed E-state index contributed by atoms with van der Waals surface area (Å²) in [5.41, 5.74) is -0.235. The predicted molar refractivity (Wildman–Crippen MR) is 75.2 cm³/mol. The molecule has 3 nitrogen and oxygen atoms in total. The van der Waals surface area contributed by atoms with E-state index in [4.69, 9.17) is 16.3 Å². The van der Waals surface area contributed by atoms with Crippen molar-refractivity contribution in [2.45, 2.75) is 17.7 Å². The van der Waals surface area contributed by atoms with Crippen molar-refractivity contribution in [1.29, 1.82) is 0 Å². The minimum Gasteiger partial charge on any atom is -0.504 e. The molecule has 120 valence electrons. The van der Waals surface area contributed by atoms with E-state index < -0.39 is 22.7 Å². The van der Waals surface area contributed by atoms with Crippen LogP contribution in [0.4, 0.5) is 13.2 Å². The molecule has 0 amide bonds. The number of alkyl halides is 4. The number of hydrogen-bond acceptors (Lipinski definition) is 3. The summed E-state index contributed by atoms with van der Waals surface area (Å²) in [5, 5.41) is 18.1. The average molecular weight is 335 g/mol. The highest BCUT2D eigenvalue weighted by atomic mass is 35.5. The highest BCUT2D eigenvalue weighted by Gasteiger charge is 2.40. The van der Waals surface area contributed by atoms with E-state index in [1.165, 1.54) is 31.4 Å². The molecular formula is C15H14ClF3O3. The van der Waals surface area contributed by atoms with E-state index in [0.717, 1.165) is 12.1 Å². The average Bonchev–Trinajstić information content (AvgIpc) is 2.43. The van der Waals surface area contributed by atoms with Crippen LogP contribution in [0.1, 0.15) is 11.1 Å². The Kier molecular flexibility index (Phi) is 4.44. The fourth-order valence-electron chi connectivity index (χ4n) is 2.30. The Bertz CT molecular complexity index is 603. The van der Waals surface area contributed by atoms with Crippen LogP contribution in [0.15, 0.2) is 47.9 Å². The molecule has 2 rings (SSSR count). The lowest BCUT2D eigenvalue weighted by Crippen LogP contribution is -2.36. The minimum atomic E-state index is -4.41. The molecule has 0 spiro atoms. The Morgan fingerprint density at radius 3 is 2.36 bits per heavy atom. The lowest BCUT2D eigenvalue weighted by Gasteiger charge is -2.32. The summed E-state index contributed by atoms with van der Waals surface area (Å²) in [7, 11) is 1.32. The Morgan fingerprint density at radius 2 is 1.86 bits per heavy atom. The van der Waals surface area contributed by atoms with Crippen molar-refractivity contribution in [3.8, 4) is 0 Å². The molecule has 1 aliphatic rings. The third kappa shape index (κ3) is 3.39. The molecule has 2 atom stereocenters. The molecule has 1 aromatic carbocycles. The second kappa shape index (κ2) is 5.85. The molecule has 0 heterocycles. The van der Waals surface area contributed by atoms with Gasteiger partial charge in [-0.05, 0) is 36.3 Å². The highest BCUT2D eigenvalue weighted by molar-refractivity contribution is 6.24. The van der Waals surface area contributed by atoms with Crippen LogP contribution in [0, 0.1) is 5.92 Å². The van der Waals surface area contributed by atoms with Crippen LogP contribution in [-0.4, -0.2) is 22.4 Å². The molecule has 1 aliphatic carbocycles. The van der Waals surface area contributed by atoms with Gasteiger partial charge >= 0.3 is 6.18 Å². The first-order valence-electron chi connectivity index (χ1n) is 6.39. The van der Waals surface area contributed by atoms with Crippen LogP contribution in [0.5, 0.6) is 0 Å². The number of ether oxygens (including phenoxy) is 1. The third-order valence-electron chi connectivity index (χ3n) is 3.47. The largest absolute Gasteiger partial charge is 0.504 e. The number of allylic oxidation sites excluding steroid dienone is 1. The molecule has 0 saturated heterocycles. The number of methoxy groups -OCH3 is 1. The molecule has 0 bridgehead atoms. The van der Waals surface area contributed by atoms with Gasteiger partial charge in [-0.3, -0.25) is 0 Å². The molecular weight excluding hydrogens is 321 g/mol. The lowest BCUT2D eigenvalue weighted by atomic mass is 9.87. The number of aliphatic hydroxyl groups excluding tert-OH is 1. The first-order chi connectivity index (χ1) is 10.1. The van der Waals surface area contributed by atoms with Gasteiger partial charge in [0.25, 0.3) is 0 Å². The van der Waals surface area contributed by atoms with Crippen molar-refractivity contribution < 1.29 is 28.1 Å². The van der Waals surface area contributed by atoms with Gasteiger partial charge in [0.15, 0.2) is 10.8 Å². The Morgan fingerprint density at radius 1 is 1.27 bits per heavy atom. The summed E-state index contributed by atoms with van der Waals surface area (Å²) in [6.07, 6.45) is -1.87. The van der Waals surface area contributed by atoms with Crippen LogP contribution < -0.4 is 0 Å². The van der Waals surface area contributed by atoms with Crippen molar-refractivity contribution in [3.63, 3.8) is 0 Å². The second-order valence-corrected chi connectivity index (χ2v) is 5.57. The SMILES string of the molecule is COC1=C(O)C=CC(O)(Cl)C1Cc1ccc(C(F)(F)F)cc1. The van der Waals surface area contributed by atoms with Gasteiger partial charge in [0, 0.05) is 0 Å². The van der Waals surface area contributed by atoms with Crippen molar-refractivity contribution in [2.24, 2.45) is 5.92 Å². The van der Waals surface area contributed by atoms with E-state index in [2.05, 4.69) is 0 Å². The van der Waals surface area contributed by atoms with Crippen molar-refractivity contribution in [1.82, 2.24) is 0 Å². The zero-order chi connectivity index (χ0) is 16.5. The normalized spacial score (nSPS) is 25.5. The third-order valence-corrected chi connectivity index (χ3v) is 3.86. The van der Waals surface area contributed by atoms with Crippen LogP contribution in [0.25, 0.3) is 0 Å². The van der Waals surface area contributed by atoms with Gasteiger partial charge in [-0.15, -0.1) is 0 Å². The van der Waals surface area contributed by atoms with Gasteiger partial charge in [-0.25, -0.2) is 0 Å². The van der Waals surface area contributed by atoms with E-state index in [-0.39, 0.29) is 17.9 Å². The summed E-state index contributed by atoms with van der Waals surface area (Å²) >= 11 is 5.99. The molecule has 0 aromatic heterocycles. The molecule has 0 aliphatic heterocycles. The Balaban J connectivity index is 2.27. The van der Waals surface area contributed by atoms with Crippen LogP contribution in [0.2, 0.25) is 0 Å². The number of aliphatic hydroxyl groups is 2. The summed E-state index contributed by atoms with van der Waals surface area (Å²) in [5.74, 6) is -0.912. The number of hydrogen-bond donors (Lipinski definition) is 2. The number of rotatable bonds is 3. The van der Waals surface area contributed by atoms with Crippen LogP contribution in [-0.2, 0) is 17.3 Å². The molecule has 0 radical (unpaired) electrons. The minimum absolute atomic E-state index is 0.0832. The Hall–Kier alpha value is -1.66. The van der Waals surface area contributed by atoms with Crippen molar-refractivity contribution >= 4 is 11.6 Å². The highest BCUT2D eigenvalue weighted by Crippen LogP contribution is 2.38. The monoisotopic (exact) mass is 334 g/mol. The van der Waals surface area contributed by atoms with E-state index >= 15 is 0 Å². The summed E-state index contributed by atoms with van der Waals surface area (Å²) < 4.78 is 42.7. The summed E-state index contributed by atoms with van der Waals surface area (Å²) in [4.78, 5) is 0. The summed E-state index contributed by atoms with van der Waals surface area (Å²) in [6, 6.07) is 4.52. The van der Waals surface area contributed by atoms with Crippen molar-refractivity contribution in [2.75, 3.05) is 7.11 Å². The van der Waals surface area contributed by atoms with Crippen molar-refractivity contribution in [3.05, 3.63) is 59.1 Å². The molecule has 22 heavy (non-hydrogen) atoms. The second-order valence-electron chi connectivity index (χ2n) is 4.97. The van der Waals surface area contributed by atoms with Crippen LogP contribution >= 0.6 is 11.6 Å². The smallest absolute Gasteiger partial charge is 0.416 e. The molecule has 2 unspecified atom stereocenters. The van der Waals surface area contributed by atoms with Gasteiger partial charge in [0.2, 0.25) is 0 Å². The lowest BCUT2D eigenvalue weighted by molar-refractivity contribution is -0.137. The van der Waals surface area contributed by atoms with Gasteiger partial charge in [-0.1, -0.05) is 23.7 Å². The van der Waals surface area contributed by atoms with Gasteiger partial charge < -0.3 is 14.9 Å². The standard InChI is InChI=1S/C15H14ClF3O3/c1-22-13-11(14(16,21)7-6-12(13)20)8-9-2-4-10(5-3-9)15(17,18)19/h2-7,11,20-21H,8H2,1H3. The van der Waals surface area contributed by atoms with E-state index in [1.54, 1.807) is 0 Å². The zero-order valence-electron chi connectivity index (χ0n) is 11.6. The summed E-state index contributed by atoms with van der Waals surface area (Å²) in [6.45, 7) is 0. The molecule has 1 aromatic rings. The molecule has 0 saturated carbocycles. The van der Waals surface area contributed by atoms with Crippen LogP contribution in [0.3, 0.4) is 0 Å². The quantitative estimate of drug-likeness (QED) is 0.827. The molecule has 0 fully saturated rings. The van der Waals surface area contributed by atoms with E-state index in [0.29, 0.717) is 5.56 Å². The first-order valence-corrected chi connectivity index (χ1v) is 6.76. The van der Waals surface area contributed by atoms with E-state index in [1.807, 2.05) is 0 Å². The van der Waals surface area contributed by atoms with E-state index in [9.17, 15) is 23.4 Å². The number of benzene rings is 1. The fourth-order valence-corrected chi connectivity index (χ4v) is 2.54. The topological polar surface area (TPSA) is 49.7 Å². The van der Waals surface area contributed by atoms with Gasteiger partial charge in [-0.2, -0.15) is 13.2 Å². The maximum atomic E-state index is 12.5. The number of halogens is 4.